The van der Waals surface area contributed by atoms with E-state index in [2.05, 4.69) is 41.7 Å². The predicted octanol–water partition coefficient (Wildman–Crippen LogP) is 3.64. The van der Waals surface area contributed by atoms with Crippen LogP contribution in [0, 0.1) is 5.92 Å². The van der Waals surface area contributed by atoms with Crippen molar-refractivity contribution in [1.29, 1.82) is 0 Å². The number of halogens is 1. The molecule has 6 nitrogen and oxygen atoms in total. The number of nitrogens with zero attached hydrogens (tertiary/aromatic N) is 2. The van der Waals surface area contributed by atoms with E-state index in [-0.39, 0.29) is 30.0 Å². The largest absolute Gasteiger partial charge is 0.354 e. The van der Waals surface area contributed by atoms with Gasteiger partial charge in [0.2, 0.25) is 0 Å². The van der Waals surface area contributed by atoms with Crippen LogP contribution >= 0.6 is 24.0 Å². The number of carbonyl (C=O) groups excluding carboxylic acids is 1. The summed E-state index contributed by atoms with van der Waals surface area (Å²) < 4.78 is 0. The molecule has 1 aliphatic heterocycles. The molecule has 1 saturated heterocycles. The summed E-state index contributed by atoms with van der Waals surface area (Å²) in [6.07, 6.45) is 2.19. The monoisotopic (exact) mass is 473 g/mol. The summed E-state index contributed by atoms with van der Waals surface area (Å²) >= 11 is 0. The number of urea groups is 1. The van der Waals surface area contributed by atoms with Crippen LogP contribution in [0.4, 0.5) is 10.5 Å². The summed E-state index contributed by atoms with van der Waals surface area (Å²) in [5.74, 6) is 1.32. The maximum absolute atomic E-state index is 12.2. The molecule has 7 heteroatoms. The molecule has 1 aromatic rings. The first-order valence-corrected chi connectivity index (χ1v) is 9.11. The van der Waals surface area contributed by atoms with Gasteiger partial charge in [0.1, 0.15) is 0 Å². The Balaban J connectivity index is 0.00000338. The molecule has 2 rings (SSSR count). The zero-order valence-corrected chi connectivity index (χ0v) is 18.5. The van der Waals surface area contributed by atoms with Crippen LogP contribution in [0.3, 0.4) is 0 Å². The van der Waals surface area contributed by atoms with E-state index < -0.39 is 0 Å². The topological polar surface area (TPSA) is 68.8 Å². The van der Waals surface area contributed by atoms with Gasteiger partial charge in [0.25, 0.3) is 0 Å². The highest BCUT2D eigenvalue weighted by molar-refractivity contribution is 14.0. The Bertz CT molecular complexity index is 599. The number of hydrogen-bond donors (Lipinski definition) is 3. The molecule has 0 radical (unpaired) electrons. The second-order valence-corrected chi connectivity index (χ2v) is 6.93. The van der Waals surface area contributed by atoms with Gasteiger partial charge in [-0.3, -0.25) is 4.99 Å². The van der Waals surface area contributed by atoms with Gasteiger partial charge in [0.05, 0.1) is 0 Å². The third-order valence-electron chi connectivity index (χ3n) is 4.62. The third-order valence-corrected chi connectivity index (χ3v) is 4.62. The number of hydrogen-bond acceptors (Lipinski definition) is 2. The molecule has 0 saturated carbocycles. The van der Waals surface area contributed by atoms with E-state index in [4.69, 9.17) is 0 Å². The number of amides is 2. The second kappa shape index (κ2) is 11.3. The molecule has 2 amide bonds. The van der Waals surface area contributed by atoms with Crippen molar-refractivity contribution in [1.82, 2.24) is 15.5 Å². The summed E-state index contributed by atoms with van der Waals surface area (Å²) in [6, 6.07) is 8.26. The maximum atomic E-state index is 12.2. The Morgan fingerprint density at radius 1 is 1.23 bits per heavy atom. The normalized spacial score (nSPS) is 15.4. The Labute approximate surface area is 174 Å². The van der Waals surface area contributed by atoms with E-state index in [0.717, 1.165) is 43.1 Å². The number of likely N-dealkylation sites (tertiary alicyclic amines) is 1. The van der Waals surface area contributed by atoms with Crippen LogP contribution < -0.4 is 16.0 Å². The molecule has 1 atom stereocenters. The van der Waals surface area contributed by atoms with Crippen LogP contribution in [-0.4, -0.2) is 43.1 Å². The lowest BCUT2D eigenvalue weighted by atomic mass is 10.1. The van der Waals surface area contributed by atoms with E-state index in [1.54, 1.807) is 7.05 Å². The zero-order valence-electron chi connectivity index (χ0n) is 16.2. The highest BCUT2D eigenvalue weighted by atomic mass is 127. The summed E-state index contributed by atoms with van der Waals surface area (Å²) in [5.41, 5.74) is 1.93. The van der Waals surface area contributed by atoms with Crippen molar-refractivity contribution in [3.8, 4) is 0 Å². The Kier molecular flexibility index (Phi) is 9.75. The van der Waals surface area contributed by atoms with Crippen molar-refractivity contribution in [2.45, 2.75) is 46.2 Å². The van der Waals surface area contributed by atoms with Gasteiger partial charge < -0.3 is 20.9 Å². The number of benzene rings is 1. The van der Waals surface area contributed by atoms with E-state index in [9.17, 15) is 4.79 Å². The van der Waals surface area contributed by atoms with Crippen LogP contribution in [0.25, 0.3) is 0 Å². The van der Waals surface area contributed by atoms with E-state index in [0.29, 0.717) is 18.5 Å². The molecule has 0 spiro atoms. The van der Waals surface area contributed by atoms with E-state index in [1.807, 2.05) is 29.2 Å². The van der Waals surface area contributed by atoms with Crippen LogP contribution in [-0.2, 0) is 6.54 Å². The van der Waals surface area contributed by atoms with Crippen LogP contribution in [0.15, 0.2) is 29.3 Å². The first-order valence-electron chi connectivity index (χ1n) is 9.11. The lowest BCUT2D eigenvalue weighted by Crippen LogP contribution is -2.43. The number of aliphatic imine (C=N–C) groups is 1. The average Bonchev–Trinajstić information content (AvgIpc) is 3.13. The van der Waals surface area contributed by atoms with Crippen molar-refractivity contribution >= 4 is 41.7 Å². The van der Waals surface area contributed by atoms with Gasteiger partial charge in [-0.1, -0.05) is 26.0 Å². The number of guanidine groups is 1. The average molecular weight is 473 g/mol. The lowest BCUT2D eigenvalue weighted by molar-refractivity contribution is 0.222. The Hall–Kier alpha value is -1.51. The van der Waals surface area contributed by atoms with Crippen molar-refractivity contribution < 1.29 is 4.79 Å². The maximum Gasteiger partial charge on any atom is 0.321 e. The van der Waals surface area contributed by atoms with Crippen molar-refractivity contribution in [2.75, 3.05) is 25.5 Å². The smallest absolute Gasteiger partial charge is 0.321 e. The summed E-state index contributed by atoms with van der Waals surface area (Å²) in [5, 5.41) is 9.69. The molecule has 0 bridgehead atoms. The number of rotatable bonds is 5. The van der Waals surface area contributed by atoms with Crippen molar-refractivity contribution in [3.63, 3.8) is 0 Å². The fraction of sp³-hybridized carbons (Fsp3) is 0.579. The van der Waals surface area contributed by atoms with Gasteiger partial charge in [-0.05, 0) is 43.4 Å². The quantitative estimate of drug-likeness (QED) is 0.348. The molecule has 1 aliphatic rings. The predicted molar refractivity (Wildman–Crippen MR) is 119 cm³/mol. The highest BCUT2D eigenvalue weighted by Gasteiger charge is 2.17. The molecule has 146 valence electrons. The number of nitrogens with one attached hydrogen (secondary N) is 3. The van der Waals surface area contributed by atoms with Crippen molar-refractivity contribution in [3.05, 3.63) is 29.8 Å². The molecule has 0 aromatic heterocycles. The van der Waals surface area contributed by atoms with E-state index >= 15 is 0 Å². The Morgan fingerprint density at radius 2 is 1.92 bits per heavy atom. The van der Waals surface area contributed by atoms with Gasteiger partial charge in [-0.2, -0.15) is 0 Å². The lowest BCUT2D eigenvalue weighted by Gasteiger charge is -2.21. The standard InChI is InChI=1S/C19H31N5O.HI/c1-14(2)15(3)22-18(20-4)21-13-16-8-7-9-17(12-16)23-19(25)24-10-5-6-11-24;/h7-9,12,14-15H,5-6,10-11,13H2,1-4H3,(H,23,25)(H2,20,21,22);1H. The third kappa shape index (κ3) is 7.01. The molecule has 3 N–H and O–H groups in total. The first-order chi connectivity index (χ1) is 12.0. The summed E-state index contributed by atoms with van der Waals surface area (Å²) in [7, 11) is 1.77. The number of carbonyl (C=O) groups is 1. The fourth-order valence-electron chi connectivity index (χ4n) is 2.64. The molecular weight excluding hydrogens is 441 g/mol. The minimum absolute atomic E-state index is 0. The molecule has 0 aliphatic carbocycles. The molecular formula is C19H32IN5O. The summed E-state index contributed by atoms with van der Waals surface area (Å²) in [4.78, 5) is 18.3. The highest BCUT2D eigenvalue weighted by Crippen LogP contribution is 2.14. The van der Waals surface area contributed by atoms with Gasteiger partial charge >= 0.3 is 6.03 Å². The van der Waals surface area contributed by atoms with Crippen LogP contribution in [0.2, 0.25) is 0 Å². The number of anilines is 1. The second-order valence-electron chi connectivity index (χ2n) is 6.93. The SMILES string of the molecule is CN=C(NCc1cccc(NC(=O)N2CCCC2)c1)NC(C)C(C)C.I. The fourth-order valence-corrected chi connectivity index (χ4v) is 2.64. The zero-order chi connectivity index (χ0) is 18.2. The van der Waals surface area contributed by atoms with Crippen molar-refractivity contribution in [2.24, 2.45) is 10.9 Å². The van der Waals surface area contributed by atoms with Gasteiger partial charge in [0.15, 0.2) is 5.96 Å². The molecule has 1 fully saturated rings. The minimum Gasteiger partial charge on any atom is -0.354 e. The van der Waals surface area contributed by atoms with Crippen LogP contribution in [0.5, 0.6) is 0 Å². The molecule has 1 unspecified atom stereocenters. The van der Waals surface area contributed by atoms with Gasteiger partial charge in [-0.25, -0.2) is 4.79 Å². The minimum atomic E-state index is -0.00848. The first kappa shape index (κ1) is 22.5. The van der Waals surface area contributed by atoms with Gasteiger partial charge in [0, 0.05) is 38.4 Å². The van der Waals surface area contributed by atoms with Gasteiger partial charge in [-0.15, -0.1) is 24.0 Å². The molecule has 26 heavy (non-hydrogen) atoms. The van der Waals surface area contributed by atoms with E-state index in [1.165, 1.54) is 0 Å². The Morgan fingerprint density at radius 3 is 2.54 bits per heavy atom. The molecule has 1 aromatic carbocycles. The summed E-state index contributed by atoms with van der Waals surface area (Å²) in [6.45, 7) is 8.85. The molecule has 1 heterocycles. The van der Waals surface area contributed by atoms with Crippen LogP contribution in [0.1, 0.15) is 39.2 Å².